The van der Waals surface area contributed by atoms with Crippen LogP contribution < -0.4 is 0 Å². The van der Waals surface area contributed by atoms with E-state index in [-0.39, 0.29) is 26.4 Å². The van der Waals surface area contributed by atoms with Gasteiger partial charge in [0.2, 0.25) is 0 Å². The Bertz CT molecular complexity index is 709. The van der Waals surface area contributed by atoms with E-state index in [1.165, 1.54) is 6.92 Å². The van der Waals surface area contributed by atoms with Gasteiger partial charge in [-0.3, -0.25) is 19.2 Å². The fourth-order valence-corrected chi connectivity index (χ4v) is 2.90. The zero-order valence-electron chi connectivity index (χ0n) is 18.3. The van der Waals surface area contributed by atoms with Crippen LogP contribution in [0, 0.1) is 0 Å². The number of hydrogen-bond donors (Lipinski definition) is 0. The molecule has 13 heteroatoms. The van der Waals surface area contributed by atoms with Crippen LogP contribution in [0.2, 0.25) is 0 Å². The second-order valence-corrected chi connectivity index (χ2v) is 6.71. The number of esters is 4. The van der Waals surface area contributed by atoms with Gasteiger partial charge in [-0.05, 0) is 12.2 Å². The van der Waals surface area contributed by atoms with Gasteiger partial charge in [0.05, 0.1) is 31.5 Å². The van der Waals surface area contributed by atoms with E-state index >= 15 is 0 Å². The first kappa shape index (κ1) is 27.6. The summed E-state index contributed by atoms with van der Waals surface area (Å²) in [5.74, 6) is -2.75. The number of isothiocyanates is 1. The lowest BCUT2D eigenvalue weighted by Crippen LogP contribution is -2.63. The van der Waals surface area contributed by atoms with Crippen LogP contribution in [0.15, 0.2) is 4.99 Å². The Balaban J connectivity index is 3.05. The Morgan fingerprint density at radius 1 is 0.844 bits per heavy atom. The van der Waals surface area contributed by atoms with Gasteiger partial charge in [-0.25, -0.2) is 4.99 Å². The molecule has 1 aliphatic rings. The van der Waals surface area contributed by atoms with Crippen LogP contribution in [0.5, 0.6) is 0 Å². The molecule has 0 N–H and O–H groups in total. The van der Waals surface area contributed by atoms with Crippen LogP contribution in [0.25, 0.3) is 0 Å². The lowest BCUT2D eigenvalue weighted by Gasteiger charge is -2.44. The Morgan fingerprint density at radius 2 is 1.44 bits per heavy atom. The number of nitrogens with zero attached hydrogens (tertiary/aromatic N) is 1. The van der Waals surface area contributed by atoms with Crippen molar-refractivity contribution in [3.05, 3.63) is 0 Å². The van der Waals surface area contributed by atoms with Crippen LogP contribution >= 0.6 is 12.2 Å². The van der Waals surface area contributed by atoms with Gasteiger partial charge in [-0.15, -0.1) is 0 Å². The predicted molar refractivity (Wildman–Crippen MR) is 109 cm³/mol. The third-order valence-electron chi connectivity index (χ3n) is 3.87. The molecule has 1 rings (SSSR count). The smallest absolute Gasteiger partial charge is 0.303 e. The van der Waals surface area contributed by atoms with Crippen molar-refractivity contribution in [2.75, 3.05) is 33.0 Å². The molecule has 0 aromatic rings. The minimum atomic E-state index is -1.28. The maximum atomic E-state index is 11.7. The van der Waals surface area contributed by atoms with Gasteiger partial charge in [0.25, 0.3) is 0 Å². The molecule has 0 bridgehead atoms. The average Bonchev–Trinajstić information content (AvgIpc) is 2.68. The molecule has 5 atom stereocenters. The van der Waals surface area contributed by atoms with E-state index in [0.29, 0.717) is 6.54 Å². The van der Waals surface area contributed by atoms with Gasteiger partial charge in [-0.1, -0.05) is 0 Å². The molecule has 0 unspecified atom stereocenters. The van der Waals surface area contributed by atoms with Crippen molar-refractivity contribution in [1.29, 1.82) is 0 Å². The highest BCUT2D eigenvalue weighted by molar-refractivity contribution is 7.78. The Labute approximate surface area is 190 Å². The quantitative estimate of drug-likeness (QED) is 0.124. The summed E-state index contributed by atoms with van der Waals surface area (Å²) in [4.78, 5) is 50.1. The van der Waals surface area contributed by atoms with Crippen molar-refractivity contribution < 1.29 is 52.3 Å². The summed E-state index contributed by atoms with van der Waals surface area (Å²) in [6.07, 6.45) is -6.09. The standard InChI is InChI=1S/C19H27NO11S/c1-11(21)27-9-15-16(28-12(2)22)17(29-13(3)23)18(30-14(4)24)19(31-15)26-8-7-25-6-5-20-10-32/h15-19H,5-9H2,1-4H3/t15-,16-,17+,18+,19+/m1/s1. The number of rotatable bonds is 12. The van der Waals surface area contributed by atoms with Crippen molar-refractivity contribution in [2.45, 2.75) is 58.4 Å². The molecular formula is C19H27NO11S. The van der Waals surface area contributed by atoms with E-state index in [4.69, 9.17) is 33.2 Å². The Morgan fingerprint density at radius 3 is 2.00 bits per heavy atom. The number of carbonyl (C=O) groups excluding carboxylic acids is 4. The molecule has 0 radical (unpaired) electrons. The van der Waals surface area contributed by atoms with E-state index in [9.17, 15) is 19.2 Å². The number of ether oxygens (including phenoxy) is 7. The normalized spacial score (nSPS) is 24.6. The number of thiocarbonyl (C=S) groups is 1. The average molecular weight is 477 g/mol. The highest BCUT2D eigenvalue weighted by Crippen LogP contribution is 2.29. The van der Waals surface area contributed by atoms with Crippen molar-refractivity contribution in [3.8, 4) is 0 Å². The van der Waals surface area contributed by atoms with Crippen LogP contribution in [-0.2, 0) is 52.3 Å². The summed E-state index contributed by atoms with van der Waals surface area (Å²) < 4.78 is 37.6. The molecule has 0 aromatic heterocycles. The first-order chi connectivity index (χ1) is 15.1. The molecule has 0 saturated carbocycles. The largest absolute Gasteiger partial charge is 0.463 e. The second kappa shape index (κ2) is 14.6. The molecule has 32 heavy (non-hydrogen) atoms. The van der Waals surface area contributed by atoms with Gasteiger partial charge in [0.1, 0.15) is 12.7 Å². The number of hydrogen-bond acceptors (Lipinski definition) is 13. The third-order valence-corrected chi connectivity index (χ3v) is 4.00. The molecule has 180 valence electrons. The van der Waals surface area contributed by atoms with Crippen molar-refractivity contribution in [1.82, 2.24) is 0 Å². The first-order valence-electron chi connectivity index (χ1n) is 9.69. The molecule has 1 fully saturated rings. The van der Waals surface area contributed by atoms with E-state index in [1.807, 2.05) is 0 Å². The van der Waals surface area contributed by atoms with E-state index in [1.54, 1.807) is 0 Å². The minimum absolute atomic E-state index is 0.00897. The fraction of sp³-hybridized carbons (Fsp3) is 0.737. The molecule has 0 aliphatic carbocycles. The molecule has 1 aliphatic heterocycles. The third kappa shape index (κ3) is 10.2. The van der Waals surface area contributed by atoms with Crippen molar-refractivity contribution in [2.24, 2.45) is 4.99 Å². The zero-order valence-corrected chi connectivity index (χ0v) is 19.1. The van der Waals surface area contributed by atoms with Gasteiger partial charge in [0.15, 0.2) is 24.6 Å². The summed E-state index contributed by atoms with van der Waals surface area (Å²) in [5.41, 5.74) is 0. The summed E-state index contributed by atoms with van der Waals surface area (Å²) in [7, 11) is 0. The van der Waals surface area contributed by atoms with E-state index in [2.05, 4.69) is 22.4 Å². The second-order valence-electron chi connectivity index (χ2n) is 6.52. The molecule has 0 amide bonds. The Kier molecular flexibility index (Phi) is 12.6. The van der Waals surface area contributed by atoms with Crippen LogP contribution in [0.1, 0.15) is 27.7 Å². The van der Waals surface area contributed by atoms with Gasteiger partial charge in [0, 0.05) is 27.7 Å². The van der Waals surface area contributed by atoms with Gasteiger partial charge in [-0.2, -0.15) is 0 Å². The molecule has 1 saturated heterocycles. The lowest BCUT2D eigenvalue weighted by atomic mass is 9.98. The van der Waals surface area contributed by atoms with Crippen LogP contribution in [0.4, 0.5) is 0 Å². The first-order valence-corrected chi connectivity index (χ1v) is 10.1. The van der Waals surface area contributed by atoms with Crippen molar-refractivity contribution in [3.63, 3.8) is 0 Å². The summed E-state index contributed by atoms with van der Waals surface area (Å²) in [5, 5.41) is 2.21. The van der Waals surface area contributed by atoms with Crippen LogP contribution in [-0.4, -0.2) is 92.7 Å². The Hall–Kier alpha value is -2.44. The maximum Gasteiger partial charge on any atom is 0.303 e. The SMILES string of the molecule is CC(=O)OC[C@H]1O[C@H](OCCOCCN=C=S)[C@@H](OC(C)=O)[C@@H](OC(C)=O)[C@@H]1OC(C)=O. The molecular weight excluding hydrogens is 450 g/mol. The molecule has 1 heterocycles. The highest BCUT2D eigenvalue weighted by Gasteiger charge is 2.52. The molecule has 0 aromatic carbocycles. The molecule has 12 nitrogen and oxygen atoms in total. The maximum absolute atomic E-state index is 11.7. The van der Waals surface area contributed by atoms with E-state index in [0.717, 1.165) is 20.8 Å². The minimum Gasteiger partial charge on any atom is -0.463 e. The zero-order chi connectivity index (χ0) is 24.1. The van der Waals surface area contributed by atoms with E-state index < -0.39 is 54.6 Å². The highest BCUT2D eigenvalue weighted by atomic mass is 32.1. The summed E-state index contributed by atoms with van der Waals surface area (Å²) in [6.45, 7) is 5.05. The summed E-state index contributed by atoms with van der Waals surface area (Å²) in [6, 6.07) is 0. The van der Waals surface area contributed by atoms with Gasteiger partial charge >= 0.3 is 23.9 Å². The summed E-state index contributed by atoms with van der Waals surface area (Å²) >= 11 is 4.46. The lowest BCUT2D eigenvalue weighted by molar-refractivity contribution is -0.309. The number of aliphatic imine (C=N–C) groups is 1. The fourth-order valence-electron chi connectivity index (χ4n) is 2.80. The van der Waals surface area contributed by atoms with Crippen molar-refractivity contribution >= 4 is 41.3 Å². The predicted octanol–water partition coefficient (Wildman–Crippen LogP) is 0.206. The monoisotopic (exact) mass is 477 g/mol. The van der Waals surface area contributed by atoms with Gasteiger partial charge < -0.3 is 33.2 Å². The van der Waals surface area contributed by atoms with Crippen LogP contribution in [0.3, 0.4) is 0 Å². The molecule has 0 spiro atoms. The number of carbonyl (C=O) groups is 4. The topological polar surface area (TPSA) is 145 Å².